The number of aromatic nitrogens is 3. The smallest absolute Gasteiger partial charge is 0.237 e. The molecule has 3 atom stereocenters. The molecule has 1 fully saturated rings. The highest BCUT2D eigenvalue weighted by atomic mass is 19.1. The fourth-order valence-electron chi connectivity index (χ4n) is 4.76. The van der Waals surface area contributed by atoms with E-state index in [1.807, 2.05) is 32.0 Å². The zero-order valence-corrected chi connectivity index (χ0v) is 19.4. The highest BCUT2D eigenvalue weighted by molar-refractivity contribution is 5.94. The van der Waals surface area contributed by atoms with Gasteiger partial charge in [0.2, 0.25) is 5.91 Å². The molecular formula is C25H29FN6O2. The Morgan fingerprint density at radius 1 is 1.21 bits per heavy atom. The number of ether oxygens (including phenoxy) is 1. The third kappa shape index (κ3) is 4.52. The van der Waals surface area contributed by atoms with Gasteiger partial charge in [0.15, 0.2) is 6.17 Å². The van der Waals surface area contributed by atoms with Gasteiger partial charge in [-0.25, -0.2) is 14.4 Å². The molecule has 9 heteroatoms. The summed E-state index contributed by atoms with van der Waals surface area (Å²) in [6, 6.07) is 5.64. The van der Waals surface area contributed by atoms with Gasteiger partial charge in [-0.15, -0.1) is 0 Å². The third-order valence-electron chi connectivity index (χ3n) is 6.61. The molecule has 0 spiro atoms. The Kier molecular flexibility index (Phi) is 6.28. The van der Waals surface area contributed by atoms with Gasteiger partial charge in [0.1, 0.15) is 18.2 Å². The number of piperidine rings is 1. The SMILES string of the molecule is CCN1CC[C@H]2C[C@H]1C(=O)NCC(F)COc1c(-c3cnc(C)nc3)ccc3ncc(cc13)N2. The summed E-state index contributed by atoms with van der Waals surface area (Å²) < 4.78 is 20.9. The molecule has 0 radical (unpaired) electrons. The number of benzene rings is 1. The maximum atomic E-state index is 14.9. The Bertz CT molecular complexity index is 1190. The first-order valence-electron chi connectivity index (χ1n) is 11.8. The zero-order valence-electron chi connectivity index (χ0n) is 19.4. The van der Waals surface area contributed by atoms with Crippen LogP contribution in [0.25, 0.3) is 22.0 Å². The normalized spacial score (nSPS) is 23.6. The lowest BCUT2D eigenvalue weighted by Gasteiger charge is -2.38. The first-order valence-corrected chi connectivity index (χ1v) is 11.8. The highest BCUT2D eigenvalue weighted by Crippen LogP contribution is 2.37. The number of carbonyl (C=O) groups excluding carboxylic acids is 1. The van der Waals surface area contributed by atoms with E-state index >= 15 is 0 Å². The van der Waals surface area contributed by atoms with Crippen LogP contribution >= 0.6 is 0 Å². The lowest BCUT2D eigenvalue weighted by atomic mass is 9.96. The van der Waals surface area contributed by atoms with Gasteiger partial charge in [-0.1, -0.05) is 6.92 Å². The quantitative estimate of drug-likeness (QED) is 0.602. The average molecular weight is 465 g/mol. The van der Waals surface area contributed by atoms with Gasteiger partial charge in [0.05, 0.1) is 30.0 Å². The Balaban J connectivity index is 1.57. The minimum absolute atomic E-state index is 0.0950. The maximum Gasteiger partial charge on any atom is 0.237 e. The lowest BCUT2D eigenvalue weighted by molar-refractivity contribution is -0.128. The molecule has 3 aromatic rings. The van der Waals surface area contributed by atoms with Crippen molar-refractivity contribution in [2.24, 2.45) is 0 Å². The number of likely N-dealkylation sites (N-methyl/N-ethyl adjacent to an activating group) is 1. The van der Waals surface area contributed by atoms with Crippen LogP contribution in [0, 0.1) is 6.92 Å². The van der Waals surface area contributed by atoms with Crippen LogP contribution < -0.4 is 15.4 Å². The number of amides is 1. The van der Waals surface area contributed by atoms with E-state index in [9.17, 15) is 9.18 Å². The number of aryl methyl sites for hydroxylation is 1. The molecule has 2 aliphatic heterocycles. The van der Waals surface area contributed by atoms with Crippen LogP contribution in [-0.4, -0.2) is 70.3 Å². The van der Waals surface area contributed by atoms with Crippen LogP contribution in [0.5, 0.6) is 5.75 Å². The predicted molar refractivity (Wildman–Crippen MR) is 129 cm³/mol. The highest BCUT2D eigenvalue weighted by Gasteiger charge is 2.33. The van der Waals surface area contributed by atoms with Crippen molar-refractivity contribution >= 4 is 22.5 Å². The molecule has 8 nitrogen and oxygen atoms in total. The van der Waals surface area contributed by atoms with Crippen molar-refractivity contribution < 1.29 is 13.9 Å². The van der Waals surface area contributed by atoms with Crippen LogP contribution in [0.2, 0.25) is 0 Å². The molecule has 1 unspecified atom stereocenters. The molecular weight excluding hydrogens is 435 g/mol. The van der Waals surface area contributed by atoms with Crippen molar-refractivity contribution in [2.45, 2.75) is 44.9 Å². The molecule has 2 aromatic heterocycles. The number of hydrogen-bond donors (Lipinski definition) is 2. The topological polar surface area (TPSA) is 92.3 Å². The maximum absolute atomic E-state index is 14.9. The molecule has 1 saturated heterocycles. The van der Waals surface area contributed by atoms with E-state index < -0.39 is 6.17 Å². The van der Waals surface area contributed by atoms with Crippen LogP contribution in [0.1, 0.15) is 25.6 Å². The number of fused-ring (bicyclic) bond motifs is 3. The summed E-state index contributed by atoms with van der Waals surface area (Å²) in [7, 11) is 0. The van der Waals surface area contributed by atoms with Gasteiger partial charge in [-0.2, -0.15) is 0 Å². The molecule has 178 valence electrons. The van der Waals surface area contributed by atoms with E-state index in [4.69, 9.17) is 4.74 Å². The van der Waals surface area contributed by atoms with E-state index in [0.717, 1.165) is 47.2 Å². The minimum Gasteiger partial charge on any atom is -0.489 e. The second-order valence-corrected chi connectivity index (χ2v) is 8.92. The van der Waals surface area contributed by atoms with E-state index in [2.05, 4.69) is 30.5 Å². The molecule has 4 heterocycles. The summed E-state index contributed by atoms with van der Waals surface area (Å²) in [5.41, 5.74) is 3.15. The van der Waals surface area contributed by atoms with Gasteiger partial charge in [0.25, 0.3) is 0 Å². The van der Waals surface area contributed by atoms with Crippen LogP contribution in [0.3, 0.4) is 0 Å². The number of nitrogens with one attached hydrogen (secondary N) is 2. The van der Waals surface area contributed by atoms with Gasteiger partial charge in [0, 0.05) is 41.5 Å². The van der Waals surface area contributed by atoms with E-state index in [1.54, 1.807) is 18.6 Å². The molecule has 0 saturated carbocycles. The van der Waals surface area contributed by atoms with Gasteiger partial charge < -0.3 is 15.4 Å². The number of carbonyl (C=O) groups is 1. The van der Waals surface area contributed by atoms with Crippen LogP contribution in [0.4, 0.5) is 10.1 Å². The second-order valence-electron chi connectivity index (χ2n) is 8.92. The summed E-state index contributed by atoms with van der Waals surface area (Å²) in [4.78, 5) is 28.3. The number of nitrogens with zero attached hydrogens (tertiary/aromatic N) is 4. The van der Waals surface area contributed by atoms with Crippen molar-refractivity contribution in [3.05, 3.63) is 42.6 Å². The van der Waals surface area contributed by atoms with Gasteiger partial charge in [-0.05, 0) is 44.5 Å². The summed E-state index contributed by atoms with van der Waals surface area (Å²) >= 11 is 0. The fourth-order valence-corrected chi connectivity index (χ4v) is 4.76. The number of halogens is 1. The zero-order chi connectivity index (χ0) is 23.7. The standard InChI is InChI=1S/C25H29FN6O2/c1-3-32-7-6-18-9-23(32)25(33)30-12-17(26)14-34-24-20(16-10-27-15(2)28-11-16)4-5-22-21(24)8-19(31-18)13-29-22/h4-5,8,10-11,13,17-18,23,31H,3,6-7,9,12,14H2,1-2H3,(H,30,33)/t17?,18-,23-/m0/s1. The molecule has 1 aromatic carbocycles. The number of alkyl halides is 1. The number of anilines is 1. The lowest BCUT2D eigenvalue weighted by Crippen LogP contribution is -2.54. The van der Waals surface area contributed by atoms with E-state index in [1.165, 1.54) is 0 Å². The minimum atomic E-state index is -1.35. The number of hydrogen-bond acceptors (Lipinski definition) is 7. The number of likely N-dealkylation sites (tertiary alicyclic amines) is 1. The molecule has 0 aliphatic carbocycles. The molecule has 2 N–H and O–H groups in total. The Hall–Kier alpha value is -3.33. The van der Waals surface area contributed by atoms with Crippen molar-refractivity contribution in [1.82, 2.24) is 25.2 Å². The number of pyridine rings is 1. The Morgan fingerprint density at radius 3 is 2.82 bits per heavy atom. The second kappa shape index (κ2) is 9.50. The van der Waals surface area contributed by atoms with E-state index in [0.29, 0.717) is 18.0 Å². The van der Waals surface area contributed by atoms with Crippen molar-refractivity contribution in [2.75, 3.05) is 31.6 Å². The van der Waals surface area contributed by atoms with Crippen LogP contribution in [-0.2, 0) is 4.79 Å². The predicted octanol–water partition coefficient (Wildman–Crippen LogP) is 3.11. The Morgan fingerprint density at radius 2 is 2.03 bits per heavy atom. The summed E-state index contributed by atoms with van der Waals surface area (Å²) in [5, 5.41) is 7.15. The fraction of sp³-hybridized carbons (Fsp3) is 0.440. The Labute approximate surface area is 197 Å². The van der Waals surface area contributed by atoms with Crippen LogP contribution in [0.15, 0.2) is 36.8 Å². The first kappa shape index (κ1) is 22.5. The molecule has 1 amide bonds. The van der Waals surface area contributed by atoms with Crippen molar-refractivity contribution in [1.29, 1.82) is 0 Å². The first-order chi connectivity index (χ1) is 16.5. The average Bonchev–Trinajstić information content (AvgIpc) is 2.85. The summed E-state index contributed by atoms with van der Waals surface area (Å²) in [6.45, 7) is 5.16. The van der Waals surface area contributed by atoms with E-state index in [-0.39, 0.29) is 31.1 Å². The third-order valence-corrected chi connectivity index (χ3v) is 6.61. The summed E-state index contributed by atoms with van der Waals surface area (Å²) in [5.74, 6) is 1.06. The molecule has 4 bridgehead atoms. The molecule has 2 aliphatic rings. The number of rotatable bonds is 2. The summed E-state index contributed by atoms with van der Waals surface area (Å²) in [6.07, 6.45) is 5.47. The largest absolute Gasteiger partial charge is 0.489 e. The molecule has 34 heavy (non-hydrogen) atoms. The van der Waals surface area contributed by atoms with Gasteiger partial charge in [-0.3, -0.25) is 14.7 Å². The van der Waals surface area contributed by atoms with Crippen molar-refractivity contribution in [3.8, 4) is 16.9 Å². The monoisotopic (exact) mass is 464 g/mol. The molecule has 5 rings (SSSR count). The van der Waals surface area contributed by atoms with Crippen molar-refractivity contribution in [3.63, 3.8) is 0 Å². The van der Waals surface area contributed by atoms with Gasteiger partial charge >= 0.3 is 0 Å².